The van der Waals surface area contributed by atoms with E-state index in [4.69, 9.17) is 23.2 Å². The molecule has 1 heterocycles. The van der Waals surface area contributed by atoms with Crippen LogP contribution in [-0.4, -0.2) is 22.7 Å². The lowest BCUT2D eigenvalue weighted by atomic mass is 10.3. The van der Waals surface area contributed by atoms with Gasteiger partial charge in [-0.05, 0) is 18.2 Å². The van der Waals surface area contributed by atoms with Gasteiger partial charge in [0.15, 0.2) is 0 Å². The molecule has 0 radical (unpaired) electrons. The topological polar surface area (TPSA) is 46.9 Å². The minimum atomic E-state index is -0.275. The maximum Gasteiger partial charge on any atom is 0.255 e. The third-order valence-corrected chi connectivity index (χ3v) is 2.83. The Morgan fingerprint density at radius 1 is 1.41 bits per heavy atom. The number of carbonyl (C=O) groups excluding carboxylic acids is 1. The first kappa shape index (κ1) is 12.0. The van der Waals surface area contributed by atoms with Crippen LogP contribution < -0.4 is 5.32 Å². The van der Waals surface area contributed by atoms with Gasteiger partial charge in [0.2, 0.25) is 0 Å². The van der Waals surface area contributed by atoms with E-state index in [1.54, 1.807) is 24.3 Å². The van der Waals surface area contributed by atoms with Gasteiger partial charge < -0.3 is 5.32 Å². The Hall–Kier alpha value is -1.52. The second-order valence-corrected chi connectivity index (χ2v) is 4.11. The Bertz CT molecular complexity index is 566. The van der Waals surface area contributed by atoms with Gasteiger partial charge in [-0.25, -0.2) is 4.68 Å². The molecule has 0 spiro atoms. The molecule has 0 saturated carbocycles. The van der Waals surface area contributed by atoms with Crippen LogP contribution in [0.15, 0.2) is 30.5 Å². The van der Waals surface area contributed by atoms with Crippen molar-refractivity contribution in [1.29, 1.82) is 0 Å². The predicted molar refractivity (Wildman–Crippen MR) is 67.0 cm³/mol. The summed E-state index contributed by atoms with van der Waals surface area (Å²) in [6.45, 7) is 0. The maximum absolute atomic E-state index is 11.5. The highest BCUT2D eigenvalue weighted by Crippen LogP contribution is 2.21. The van der Waals surface area contributed by atoms with Gasteiger partial charge in [-0.3, -0.25) is 4.79 Å². The molecule has 0 atom stereocenters. The van der Waals surface area contributed by atoms with Gasteiger partial charge in [-0.2, -0.15) is 5.10 Å². The number of rotatable bonds is 2. The highest BCUT2D eigenvalue weighted by Gasteiger charge is 2.15. The summed E-state index contributed by atoms with van der Waals surface area (Å²) in [7, 11) is 1.54. The van der Waals surface area contributed by atoms with Gasteiger partial charge >= 0.3 is 0 Å². The molecule has 0 aliphatic heterocycles. The molecule has 0 aliphatic rings. The minimum absolute atomic E-state index is 0.256. The summed E-state index contributed by atoms with van der Waals surface area (Å²) in [6, 6.07) is 7.06. The molecule has 1 N–H and O–H groups in total. The van der Waals surface area contributed by atoms with E-state index in [1.807, 2.05) is 0 Å². The zero-order chi connectivity index (χ0) is 12.4. The molecule has 0 saturated heterocycles. The van der Waals surface area contributed by atoms with Gasteiger partial charge in [0.1, 0.15) is 5.15 Å². The molecule has 1 aromatic carbocycles. The highest BCUT2D eigenvalue weighted by molar-refractivity contribution is 6.33. The molecule has 1 amide bonds. The van der Waals surface area contributed by atoms with E-state index >= 15 is 0 Å². The van der Waals surface area contributed by atoms with Crippen LogP contribution in [0.2, 0.25) is 10.2 Å². The van der Waals surface area contributed by atoms with Crippen molar-refractivity contribution in [1.82, 2.24) is 15.1 Å². The number of carbonyl (C=O) groups is 1. The average Bonchev–Trinajstić information content (AvgIpc) is 2.70. The monoisotopic (exact) mass is 269 g/mol. The third-order valence-electron chi connectivity index (χ3n) is 2.23. The number of nitrogens with one attached hydrogen (secondary N) is 1. The molecule has 6 heteroatoms. The number of aromatic nitrogens is 2. The zero-order valence-corrected chi connectivity index (χ0v) is 10.5. The molecule has 0 unspecified atom stereocenters. The Balaban J connectivity index is 2.48. The molecular weight excluding hydrogens is 261 g/mol. The summed E-state index contributed by atoms with van der Waals surface area (Å²) in [6.07, 6.45) is 1.42. The van der Waals surface area contributed by atoms with Crippen LogP contribution in [0.25, 0.3) is 5.69 Å². The van der Waals surface area contributed by atoms with Gasteiger partial charge in [-0.1, -0.05) is 29.3 Å². The van der Waals surface area contributed by atoms with E-state index < -0.39 is 0 Å². The van der Waals surface area contributed by atoms with Crippen molar-refractivity contribution in [2.75, 3.05) is 7.05 Å². The smallest absolute Gasteiger partial charge is 0.255 e. The SMILES string of the molecule is CNC(=O)c1cnn(-c2cccc(Cl)c2)c1Cl. The molecule has 2 aromatic rings. The summed E-state index contributed by atoms with van der Waals surface area (Å²) in [5.74, 6) is -0.275. The van der Waals surface area contributed by atoms with Gasteiger partial charge in [0.05, 0.1) is 17.4 Å². The van der Waals surface area contributed by atoms with Crippen LogP contribution in [0.1, 0.15) is 10.4 Å². The molecule has 0 bridgehead atoms. The van der Waals surface area contributed by atoms with E-state index in [-0.39, 0.29) is 11.1 Å². The van der Waals surface area contributed by atoms with Crippen molar-refractivity contribution in [2.45, 2.75) is 0 Å². The fraction of sp³-hybridized carbons (Fsp3) is 0.0909. The lowest BCUT2D eigenvalue weighted by Crippen LogP contribution is -2.17. The first-order valence-electron chi connectivity index (χ1n) is 4.85. The third kappa shape index (κ3) is 2.28. The second kappa shape index (κ2) is 4.77. The van der Waals surface area contributed by atoms with Crippen LogP contribution >= 0.6 is 23.2 Å². The van der Waals surface area contributed by atoms with Crippen molar-refractivity contribution < 1.29 is 4.79 Å². The van der Waals surface area contributed by atoms with E-state index in [9.17, 15) is 4.79 Å². The summed E-state index contributed by atoms with van der Waals surface area (Å²) in [4.78, 5) is 11.5. The number of nitrogens with zero attached hydrogens (tertiary/aromatic N) is 2. The molecule has 17 heavy (non-hydrogen) atoms. The normalized spacial score (nSPS) is 10.3. The zero-order valence-electron chi connectivity index (χ0n) is 8.95. The minimum Gasteiger partial charge on any atom is -0.355 e. The molecular formula is C11H9Cl2N3O. The first-order valence-corrected chi connectivity index (χ1v) is 5.60. The van der Waals surface area contributed by atoms with Gasteiger partial charge in [-0.15, -0.1) is 0 Å². The van der Waals surface area contributed by atoms with Crippen LogP contribution in [0, 0.1) is 0 Å². The Morgan fingerprint density at radius 3 is 2.82 bits per heavy atom. The molecule has 2 rings (SSSR count). The lowest BCUT2D eigenvalue weighted by molar-refractivity contribution is 0.0963. The number of hydrogen-bond donors (Lipinski definition) is 1. The largest absolute Gasteiger partial charge is 0.355 e. The van der Waals surface area contributed by atoms with Crippen molar-refractivity contribution in [3.05, 3.63) is 46.2 Å². The van der Waals surface area contributed by atoms with Crippen molar-refractivity contribution >= 4 is 29.1 Å². The summed E-state index contributed by atoms with van der Waals surface area (Å²) < 4.78 is 1.46. The van der Waals surface area contributed by atoms with Gasteiger partial charge in [0.25, 0.3) is 5.91 Å². The van der Waals surface area contributed by atoms with Crippen molar-refractivity contribution in [3.63, 3.8) is 0 Å². The predicted octanol–water partition coefficient (Wildman–Crippen LogP) is 2.54. The Morgan fingerprint density at radius 2 is 2.18 bits per heavy atom. The fourth-order valence-electron chi connectivity index (χ4n) is 1.41. The van der Waals surface area contributed by atoms with E-state index in [2.05, 4.69) is 10.4 Å². The van der Waals surface area contributed by atoms with Crippen molar-refractivity contribution in [3.8, 4) is 5.69 Å². The first-order chi connectivity index (χ1) is 8.13. The Labute approximate surface area is 108 Å². The number of benzene rings is 1. The Kier molecular flexibility index (Phi) is 3.36. The number of halogens is 2. The molecule has 0 aliphatic carbocycles. The quantitative estimate of drug-likeness (QED) is 0.911. The summed E-state index contributed by atoms with van der Waals surface area (Å²) in [5.41, 5.74) is 1.03. The van der Waals surface area contributed by atoms with Gasteiger partial charge in [0, 0.05) is 12.1 Å². The maximum atomic E-state index is 11.5. The number of amides is 1. The van der Waals surface area contributed by atoms with E-state index in [0.29, 0.717) is 16.3 Å². The van der Waals surface area contributed by atoms with Crippen LogP contribution in [-0.2, 0) is 0 Å². The lowest BCUT2D eigenvalue weighted by Gasteiger charge is -2.03. The van der Waals surface area contributed by atoms with Crippen molar-refractivity contribution in [2.24, 2.45) is 0 Å². The van der Waals surface area contributed by atoms with E-state index in [0.717, 1.165) is 0 Å². The van der Waals surface area contributed by atoms with Crippen LogP contribution in [0.3, 0.4) is 0 Å². The summed E-state index contributed by atoms with van der Waals surface area (Å²) >= 11 is 12.0. The standard InChI is InChI=1S/C11H9Cl2N3O/c1-14-11(17)9-6-15-16(10(9)13)8-4-2-3-7(12)5-8/h2-6H,1H3,(H,14,17). The van der Waals surface area contributed by atoms with Crippen LogP contribution in [0.5, 0.6) is 0 Å². The number of hydrogen-bond acceptors (Lipinski definition) is 2. The highest BCUT2D eigenvalue weighted by atomic mass is 35.5. The average molecular weight is 270 g/mol. The van der Waals surface area contributed by atoms with E-state index in [1.165, 1.54) is 17.9 Å². The molecule has 88 valence electrons. The van der Waals surface area contributed by atoms with Crippen LogP contribution in [0.4, 0.5) is 0 Å². The molecule has 0 fully saturated rings. The molecule has 1 aromatic heterocycles. The summed E-state index contributed by atoms with van der Waals surface area (Å²) in [5, 5.41) is 7.39. The molecule has 4 nitrogen and oxygen atoms in total. The second-order valence-electron chi connectivity index (χ2n) is 3.32. The fourth-order valence-corrected chi connectivity index (χ4v) is 1.87.